The van der Waals surface area contributed by atoms with Crippen molar-refractivity contribution in [2.75, 3.05) is 13.6 Å². The molecule has 1 aromatic rings. The molecule has 0 saturated carbocycles. The van der Waals surface area contributed by atoms with Crippen molar-refractivity contribution >= 4 is 5.57 Å². The topological polar surface area (TPSA) is 45.1 Å². The van der Waals surface area contributed by atoms with Gasteiger partial charge in [0.25, 0.3) is 0 Å². The van der Waals surface area contributed by atoms with Gasteiger partial charge in [0.1, 0.15) is 0 Å². The van der Waals surface area contributed by atoms with E-state index in [1.807, 2.05) is 0 Å². The Labute approximate surface area is 114 Å². The Kier molecular flexibility index (Phi) is 3.02. The maximum atomic E-state index is 13.2. The largest absolute Gasteiger partial charge is 0.409 e. The van der Waals surface area contributed by atoms with Crippen LogP contribution in [0.25, 0.3) is 5.57 Å². The Morgan fingerprint density at radius 1 is 1.35 bits per heavy atom. The van der Waals surface area contributed by atoms with Crippen LogP contribution in [0.4, 0.5) is 13.2 Å². The van der Waals surface area contributed by atoms with Crippen LogP contribution >= 0.6 is 0 Å². The quantitative estimate of drug-likeness (QED) is 0.801. The lowest BCUT2D eigenvalue weighted by atomic mass is 9.97. The van der Waals surface area contributed by atoms with Gasteiger partial charge < -0.3 is 10.3 Å². The van der Waals surface area contributed by atoms with Gasteiger partial charge in [0, 0.05) is 38.0 Å². The molecule has 0 aromatic carbocycles. The third-order valence-corrected chi connectivity index (χ3v) is 3.65. The Morgan fingerprint density at radius 3 is 2.80 bits per heavy atom. The van der Waals surface area contributed by atoms with E-state index in [1.165, 1.54) is 11.2 Å². The van der Waals surface area contributed by atoms with Crippen LogP contribution in [0.3, 0.4) is 0 Å². The van der Waals surface area contributed by atoms with E-state index in [1.54, 1.807) is 18.8 Å². The average Bonchev–Trinajstić information content (AvgIpc) is 2.87. The maximum Gasteiger partial charge on any atom is 0.409 e. The van der Waals surface area contributed by atoms with Crippen molar-refractivity contribution < 1.29 is 13.2 Å². The molecule has 2 aliphatic heterocycles. The first-order chi connectivity index (χ1) is 9.38. The highest BCUT2D eigenvalue weighted by molar-refractivity contribution is 5.72. The standard InChI is InChI=1S/C12H16F3N5/c1-19-6-8(11(18-19)12(13,14)15)10-7-3-4-16-5-9(7)17-20(10)2/h6,11,16,18H,3-5H2,1-2H3. The van der Waals surface area contributed by atoms with Crippen LogP contribution in [-0.2, 0) is 20.0 Å². The molecule has 0 fully saturated rings. The number of nitrogens with one attached hydrogen (secondary N) is 2. The zero-order chi connectivity index (χ0) is 14.5. The molecule has 0 spiro atoms. The lowest BCUT2D eigenvalue weighted by molar-refractivity contribution is -0.146. The molecule has 110 valence electrons. The molecule has 8 heteroatoms. The molecule has 1 atom stereocenters. The molecule has 0 radical (unpaired) electrons. The van der Waals surface area contributed by atoms with Gasteiger partial charge in [-0.15, -0.1) is 0 Å². The van der Waals surface area contributed by atoms with Gasteiger partial charge in [-0.05, 0) is 13.0 Å². The fourth-order valence-electron chi connectivity index (χ4n) is 2.85. The number of nitrogens with zero attached hydrogens (tertiary/aromatic N) is 3. The summed E-state index contributed by atoms with van der Waals surface area (Å²) in [4.78, 5) is 0. The van der Waals surface area contributed by atoms with E-state index < -0.39 is 12.2 Å². The van der Waals surface area contributed by atoms with Crippen LogP contribution in [0.5, 0.6) is 0 Å². The van der Waals surface area contributed by atoms with Crippen LogP contribution in [0.15, 0.2) is 6.20 Å². The Bertz CT molecular complexity index is 560. The van der Waals surface area contributed by atoms with E-state index in [9.17, 15) is 13.2 Å². The Morgan fingerprint density at radius 2 is 2.10 bits per heavy atom. The summed E-state index contributed by atoms with van der Waals surface area (Å²) in [6.07, 6.45) is -2.14. The first kappa shape index (κ1) is 13.4. The number of hydrazine groups is 1. The number of hydrogen-bond acceptors (Lipinski definition) is 4. The second kappa shape index (κ2) is 4.49. The van der Waals surface area contributed by atoms with Crippen molar-refractivity contribution in [3.8, 4) is 0 Å². The van der Waals surface area contributed by atoms with Crippen LogP contribution < -0.4 is 10.7 Å². The number of hydrogen-bond donors (Lipinski definition) is 2. The number of aryl methyl sites for hydroxylation is 1. The Balaban J connectivity index is 2.08. The molecule has 0 amide bonds. The van der Waals surface area contributed by atoms with Crippen molar-refractivity contribution in [3.05, 3.63) is 23.2 Å². The zero-order valence-electron chi connectivity index (χ0n) is 11.3. The molecular formula is C12H16F3N5. The fraction of sp³-hybridized carbons (Fsp3) is 0.583. The molecule has 5 nitrogen and oxygen atoms in total. The van der Waals surface area contributed by atoms with Crippen molar-refractivity contribution in [1.82, 2.24) is 25.5 Å². The molecule has 3 heterocycles. The number of aromatic nitrogens is 2. The molecule has 3 rings (SSSR count). The van der Waals surface area contributed by atoms with Crippen molar-refractivity contribution in [2.45, 2.75) is 25.2 Å². The monoisotopic (exact) mass is 287 g/mol. The van der Waals surface area contributed by atoms with Crippen molar-refractivity contribution in [2.24, 2.45) is 7.05 Å². The van der Waals surface area contributed by atoms with E-state index in [2.05, 4.69) is 15.8 Å². The summed E-state index contributed by atoms with van der Waals surface area (Å²) in [5, 5.41) is 8.87. The average molecular weight is 287 g/mol. The number of halogens is 3. The van der Waals surface area contributed by atoms with Gasteiger partial charge >= 0.3 is 6.18 Å². The highest BCUT2D eigenvalue weighted by atomic mass is 19.4. The van der Waals surface area contributed by atoms with E-state index in [0.29, 0.717) is 18.7 Å². The third-order valence-electron chi connectivity index (χ3n) is 3.65. The molecule has 1 unspecified atom stereocenters. The summed E-state index contributed by atoms with van der Waals surface area (Å²) < 4.78 is 41.1. The normalized spacial score (nSPS) is 22.9. The maximum absolute atomic E-state index is 13.2. The van der Waals surface area contributed by atoms with Crippen molar-refractivity contribution in [1.29, 1.82) is 0 Å². The minimum absolute atomic E-state index is 0.234. The van der Waals surface area contributed by atoms with E-state index >= 15 is 0 Å². The second-order valence-corrected chi connectivity index (χ2v) is 5.12. The lowest BCUT2D eigenvalue weighted by Gasteiger charge is -2.21. The predicted octanol–water partition coefficient (Wildman–Crippen LogP) is 0.788. The van der Waals surface area contributed by atoms with Gasteiger partial charge in [0.2, 0.25) is 0 Å². The van der Waals surface area contributed by atoms with Gasteiger partial charge in [-0.2, -0.15) is 18.3 Å². The summed E-state index contributed by atoms with van der Waals surface area (Å²) in [6, 6.07) is -1.68. The molecule has 20 heavy (non-hydrogen) atoms. The van der Waals surface area contributed by atoms with Crippen LogP contribution in [-0.4, -0.2) is 40.6 Å². The summed E-state index contributed by atoms with van der Waals surface area (Å²) >= 11 is 0. The first-order valence-electron chi connectivity index (χ1n) is 6.41. The third kappa shape index (κ3) is 2.08. The van der Waals surface area contributed by atoms with Crippen LogP contribution in [0.1, 0.15) is 17.0 Å². The molecular weight excluding hydrogens is 271 g/mol. The molecule has 1 aromatic heterocycles. The Hall–Kier alpha value is -1.54. The number of fused-ring (bicyclic) bond motifs is 1. The van der Waals surface area contributed by atoms with Gasteiger partial charge in [0.05, 0.1) is 11.4 Å². The number of alkyl halides is 3. The van der Waals surface area contributed by atoms with Gasteiger partial charge in [-0.1, -0.05) is 0 Å². The molecule has 0 saturated heterocycles. The highest BCUT2D eigenvalue weighted by Crippen LogP contribution is 2.36. The zero-order valence-corrected chi connectivity index (χ0v) is 11.3. The van der Waals surface area contributed by atoms with Crippen LogP contribution in [0.2, 0.25) is 0 Å². The van der Waals surface area contributed by atoms with E-state index in [4.69, 9.17) is 0 Å². The second-order valence-electron chi connectivity index (χ2n) is 5.12. The van der Waals surface area contributed by atoms with Crippen LogP contribution in [0, 0.1) is 0 Å². The van der Waals surface area contributed by atoms with E-state index in [-0.39, 0.29) is 5.57 Å². The summed E-state index contributed by atoms with van der Waals surface area (Å²) in [5.41, 5.74) is 5.00. The van der Waals surface area contributed by atoms with E-state index in [0.717, 1.165) is 17.8 Å². The van der Waals surface area contributed by atoms with Gasteiger partial charge in [0.15, 0.2) is 6.04 Å². The smallest absolute Gasteiger partial charge is 0.317 e. The summed E-state index contributed by atoms with van der Waals surface area (Å²) in [7, 11) is 3.26. The SMILES string of the molecule is CN1C=C(c2c3c(nn2C)CNCC3)C(C(F)(F)F)N1. The van der Waals surface area contributed by atoms with Gasteiger partial charge in [-0.3, -0.25) is 4.68 Å². The fourth-order valence-corrected chi connectivity index (χ4v) is 2.85. The summed E-state index contributed by atoms with van der Waals surface area (Å²) in [5.74, 6) is 0. The van der Waals surface area contributed by atoms with Gasteiger partial charge in [-0.25, -0.2) is 5.43 Å². The minimum Gasteiger partial charge on any atom is -0.317 e. The van der Waals surface area contributed by atoms with Crippen molar-refractivity contribution in [3.63, 3.8) is 0 Å². The predicted molar refractivity (Wildman–Crippen MR) is 67.3 cm³/mol. The summed E-state index contributed by atoms with van der Waals surface area (Å²) in [6.45, 7) is 1.37. The lowest BCUT2D eigenvalue weighted by Crippen LogP contribution is -2.44. The minimum atomic E-state index is -4.33. The highest BCUT2D eigenvalue weighted by Gasteiger charge is 2.47. The molecule has 2 N–H and O–H groups in total. The molecule has 0 aliphatic carbocycles. The number of rotatable bonds is 1. The first-order valence-corrected chi connectivity index (χ1v) is 6.41. The molecule has 2 aliphatic rings. The molecule has 0 bridgehead atoms.